The second kappa shape index (κ2) is 5.89. The Morgan fingerprint density at radius 1 is 0.708 bits per heavy atom. The van der Waals surface area contributed by atoms with E-state index in [1.807, 2.05) is 6.07 Å². The summed E-state index contributed by atoms with van der Waals surface area (Å²) in [6.45, 7) is 4.24. The molecule has 3 aromatic carbocycles. The lowest BCUT2D eigenvalue weighted by molar-refractivity contribution is 1.22. The van der Waals surface area contributed by atoms with Gasteiger partial charge in [0.1, 0.15) is 6.33 Å². The number of hydrogen-bond donors (Lipinski definition) is 0. The lowest BCUT2D eigenvalue weighted by atomic mass is 9.96. The zero-order valence-corrected chi connectivity index (χ0v) is 13.8. The van der Waals surface area contributed by atoms with Crippen molar-refractivity contribution in [2.24, 2.45) is 0 Å². The smallest absolute Gasteiger partial charge is 0.116 e. The van der Waals surface area contributed by atoms with Crippen LogP contribution in [0.1, 0.15) is 11.1 Å². The van der Waals surface area contributed by atoms with Crippen LogP contribution >= 0.6 is 0 Å². The number of aromatic nitrogens is 2. The molecule has 0 fully saturated rings. The van der Waals surface area contributed by atoms with E-state index in [2.05, 4.69) is 84.5 Å². The molecule has 0 unspecified atom stereocenters. The van der Waals surface area contributed by atoms with Crippen molar-refractivity contribution in [3.05, 3.63) is 84.2 Å². The van der Waals surface area contributed by atoms with Crippen LogP contribution < -0.4 is 0 Å². The molecule has 2 nitrogen and oxygen atoms in total. The van der Waals surface area contributed by atoms with E-state index in [0.717, 1.165) is 22.2 Å². The average Bonchev–Trinajstić information content (AvgIpc) is 2.61. The number of hydrogen-bond acceptors (Lipinski definition) is 2. The molecule has 1 heterocycles. The molecule has 0 aliphatic heterocycles. The Morgan fingerprint density at radius 3 is 2.33 bits per heavy atom. The van der Waals surface area contributed by atoms with Crippen molar-refractivity contribution in [3.8, 4) is 22.4 Å². The van der Waals surface area contributed by atoms with E-state index in [4.69, 9.17) is 0 Å². The molecule has 0 amide bonds. The van der Waals surface area contributed by atoms with Gasteiger partial charge < -0.3 is 0 Å². The van der Waals surface area contributed by atoms with Crippen molar-refractivity contribution >= 4 is 10.9 Å². The highest BCUT2D eigenvalue weighted by Gasteiger charge is 2.09. The van der Waals surface area contributed by atoms with Gasteiger partial charge in [-0.15, -0.1) is 0 Å². The fourth-order valence-corrected chi connectivity index (χ4v) is 3.15. The Morgan fingerprint density at radius 2 is 1.54 bits per heavy atom. The molecule has 116 valence electrons. The van der Waals surface area contributed by atoms with Crippen LogP contribution in [0.15, 0.2) is 73.1 Å². The molecule has 4 aromatic rings. The normalized spacial score (nSPS) is 10.9. The van der Waals surface area contributed by atoms with Crippen LogP contribution in [-0.4, -0.2) is 9.97 Å². The number of rotatable bonds is 2. The minimum absolute atomic E-state index is 0.989. The molecule has 24 heavy (non-hydrogen) atoms. The molecule has 1 aromatic heterocycles. The van der Waals surface area contributed by atoms with Gasteiger partial charge in [0.05, 0.1) is 11.2 Å². The van der Waals surface area contributed by atoms with Gasteiger partial charge in [0.2, 0.25) is 0 Å². The van der Waals surface area contributed by atoms with Crippen molar-refractivity contribution in [3.63, 3.8) is 0 Å². The van der Waals surface area contributed by atoms with E-state index in [1.54, 1.807) is 6.33 Å². The monoisotopic (exact) mass is 310 g/mol. The predicted molar refractivity (Wildman–Crippen MR) is 99.9 cm³/mol. The van der Waals surface area contributed by atoms with Gasteiger partial charge in [-0.25, -0.2) is 9.97 Å². The molecule has 0 spiro atoms. The Bertz CT molecular complexity index is 1020. The zero-order valence-electron chi connectivity index (χ0n) is 13.8. The van der Waals surface area contributed by atoms with Crippen molar-refractivity contribution in [1.29, 1.82) is 0 Å². The standard InChI is InChI=1S/C22H18N2/c1-15-8-10-20-21(12-15)23-14-24-22(20)18-9-11-19(16(2)13-18)17-6-4-3-5-7-17/h3-14H,1-2H3. The van der Waals surface area contributed by atoms with Crippen LogP contribution in [0.3, 0.4) is 0 Å². The van der Waals surface area contributed by atoms with E-state index < -0.39 is 0 Å². The van der Waals surface area contributed by atoms with Gasteiger partial charge in [-0.05, 0) is 48.2 Å². The van der Waals surface area contributed by atoms with Crippen molar-refractivity contribution < 1.29 is 0 Å². The summed E-state index contributed by atoms with van der Waals surface area (Å²) in [6.07, 6.45) is 1.65. The first-order valence-corrected chi connectivity index (χ1v) is 8.10. The molecule has 0 saturated carbocycles. The summed E-state index contributed by atoms with van der Waals surface area (Å²) in [5.41, 5.74) is 8.06. The predicted octanol–water partition coefficient (Wildman–Crippen LogP) is 5.58. The molecule has 4 rings (SSSR count). The summed E-state index contributed by atoms with van der Waals surface area (Å²) in [5.74, 6) is 0. The summed E-state index contributed by atoms with van der Waals surface area (Å²) in [6, 6.07) is 23.3. The van der Waals surface area contributed by atoms with Crippen LogP contribution in [0.4, 0.5) is 0 Å². The fraction of sp³-hybridized carbons (Fsp3) is 0.0909. The maximum absolute atomic E-state index is 4.54. The SMILES string of the molecule is Cc1ccc2c(-c3ccc(-c4ccccc4)c(C)c3)ncnc2c1. The summed E-state index contributed by atoms with van der Waals surface area (Å²) < 4.78 is 0. The van der Waals surface area contributed by atoms with Gasteiger partial charge >= 0.3 is 0 Å². The first-order chi connectivity index (χ1) is 11.7. The minimum atomic E-state index is 0.989. The van der Waals surface area contributed by atoms with Crippen molar-refractivity contribution in [2.45, 2.75) is 13.8 Å². The van der Waals surface area contributed by atoms with Crippen LogP contribution in [0.25, 0.3) is 33.3 Å². The molecular weight excluding hydrogens is 292 g/mol. The molecule has 0 aliphatic rings. The number of nitrogens with zero attached hydrogens (tertiary/aromatic N) is 2. The zero-order chi connectivity index (χ0) is 16.5. The molecule has 0 bridgehead atoms. The third-order valence-corrected chi connectivity index (χ3v) is 4.38. The molecule has 0 radical (unpaired) electrons. The minimum Gasteiger partial charge on any atom is -0.236 e. The van der Waals surface area contributed by atoms with Gasteiger partial charge in [-0.2, -0.15) is 0 Å². The van der Waals surface area contributed by atoms with Crippen molar-refractivity contribution in [2.75, 3.05) is 0 Å². The number of benzene rings is 3. The van der Waals surface area contributed by atoms with Crippen molar-refractivity contribution in [1.82, 2.24) is 9.97 Å². The Labute approximate surface area is 141 Å². The third kappa shape index (κ3) is 2.56. The molecular formula is C22H18N2. The molecule has 0 atom stereocenters. The highest BCUT2D eigenvalue weighted by Crippen LogP contribution is 2.30. The molecule has 0 N–H and O–H groups in total. The Hall–Kier alpha value is -3.00. The van der Waals surface area contributed by atoms with E-state index in [0.29, 0.717) is 0 Å². The Balaban J connectivity index is 1.85. The van der Waals surface area contributed by atoms with Crippen LogP contribution in [-0.2, 0) is 0 Å². The van der Waals surface area contributed by atoms with Gasteiger partial charge in [0, 0.05) is 10.9 Å². The fourth-order valence-electron chi connectivity index (χ4n) is 3.15. The van der Waals surface area contributed by atoms with Crippen LogP contribution in [0.5, 0.6) is 0 Å². The highest BCUT2D eigenvalue weighted by molar-refractivity contribution is 5.92. The quantitative estimate of drug-likeness (QED) is 0.483. The maximum Gasteiger partial charge on any atom is 0.116 e. The second-order valence-electron chi connectivity index (χ2n) is 6.14. The second-order valence-corrected chi connectivity index (χ2v) is 6.14. The van der Waals surface area contributed by atoms with Gasteiger partial charge in [0.15, 0.2) is 0 Å². The largest absolute Gasteiger partial charge is 0.236 e. The summed E-state index contributed by atoms with van der Waals surface area (Å²) in [7, 11) is 0. The van der Waals surface area contributed by atoms with E-state index in [9.17, 15) is 0 Å². The summed E-state index contributed by atoms with van der Waals surface area (Å²) in [4.78, 5) is 8.94. The average molecular weight is 310 g/mol. The Kier molecular flexibility index (Phi) is 3.58. The van der Waals surface area contributed by atoms with E-state index in [1.165, 1.54) is 22.3 Å². The van der Waals surface area contributed by atoms with E-state index in [-0.39, 0.29) is 0 Å². The third-order valence-electron chi connectivity index (χ3n) is 4.38. The first kappa shape index (κ1) is 14.6. The lowest BCUT2D eigenvalue weighted by Crippen LogP contribution is -1.91. The van der Waals surface area contributed by atoms with Gasteiger partial charge in [0.25, 0.3) is 0 Å². The molecule has 2 heteroatoms. The molecule has 0 saturated heterocycles. The molecule has 0 aliphatic carbocycles. The number of aryl methyl sites for hydroxylation is 2. The van der Waals surface area contributed by atoms with Gasteiger partial charge in [-0.3, -0.25) is 0 Å². The van der Waals surface area contributed by atoms with E-state index >= 15 is 0 Å². The van der Waals surface area contributed by atoms with Gasteiger partial charge in [-0.1, -0.05) is 54.6 Å². The highest BCUT2D eigenvalue weighted by atomic mass is 14.8. The summed E-state index contributed by atoms with van der Waals surface area (Å²) in [5, 5.41) is 1.09. The number of fused-ring (bicyclic) bond motifs is 1. The first-order valence-electron chi connectivity index (χ1n) is 8.10. The maximum atomic E-state index is 4.54. The van der Waals surface area contributed by atoms with Crippen LogP contribution in [0, 0.1) is 13.8 Å². The topological polar surface area (TPSA) is 25.8 Å². The lowest BCUT2D eigenvalue weighted by Gasteiger charge is -2.10. The van der Waals surface area contributed by atoms with Crippen LogP contribution in [0.2, 0.25) is 0 Å². The summed E-state index contributed by atoms with van der Waals surface area (Å²) >= 11 is 0.